The Morgan fingerprint density at radius 2 is 1.52 bits per heavy atom. The number of carbonyl (C=O) groups is 2. The third kappa shape index (κ3) is 5.15. The quantitative estimate of drug-likeness (QED) is 0.564. The van der Waals surface area contributed by atoms with Gasteiger partial charge in [-0.3, -0.25) is 4.79 Å². The van der Waals surface area contributed by atoms with E-state index >= 15 is 0 Å². The zero-order chi connectivity index (χ0) is 23.2. The maximum atomic E-state index is 13.1. The van der Waals surface area contributed by atoms with E-state index in [-0.39, 0.29) is 23.9 Å². The third-order valence-electron chi connectivity index (χ3n) is 5.12. The third-order valence-corrected chi connectivity index (χ3v) is 5.12. The van der Waals surface area contributed by atoms with Crippen molar-refractivity contribution in [1.29, 1.82) is 0 Å². The van der Waals surface area contributed by atoms with Gasteiger partial charge in [0.25, 0.3) is 11.7 Å². The van der Waals surface area contributed by atoms with Crippen molar-refractivity contribution in [3.05, 3.63) is 102 Å². The maximum Gasteiger partial charge on any atom is 0.376 e. The molecule has 0 radical (unpaired) electrons. The molecule has 168 valence electrons. The minimum atomic E-state index is -1.39. The van der Waals surface area contributed by atoms with E-state index in [0.717, 1.165) is 11.1 Å². The first-order valence-corrected chi connectivity index (χ1v) is 10.5. The number of hydrogen-bond donors (Lipinski definition) is 1. The lowest BCUT2D eigenvalue weighted by Crippen LogP contribution is -2.35. The van der Waals surface area contributed by atoms with E-state index < -0.39 is 17.6 Å². The highest BCUT2D eigenvalue weighted by molar-refractivity contribution is 6.00. The fourth-order valence-corrected chi connectivity index (χ4v) is 3.33. The number of nitrogens with zero attached hydrogens (tertiary/aromatic N) is 1. The lowest BCUT2D eigenvalue weighted by atomic mass is 10.1. The van der Waals surface area contributed by atoms with E-state index in [1.54, 1.807) is 25.2 Å². The number of amides is 1. The molecule has 7 heteroatoms. The van der Waals surface area contributed by atoms with Crippen LogP contribution in [0.25, 0.3) is 0 Å². The largest absolute Gasteiger partial charge is 0.485 e. The van der Waals surface area contributed by atoms with Gasteiger partial charge in [-0.1, -0.05) is 66.7 Å². The zero-order valence-electron chi connectivity index (χ0n) is 18.1. The van der Waals surface area contributed by atoms with Crippen LogP contribution >= 0.6 is 0 Å². The number of rotatable bonds is 8. The van der Waals surface area contributed by atoms with Gasteiger partial charge < -0.3 is 24.2 Å². The normalized spacial score (nSPS) is 12.3. The summed E-state index contributed by atoms with van der Waals surface area (Å²) < 4.78 is 17.3. The maximum absolute atomic E-state index is 13.1. The molecule has 1 heterocycles. The Labute approximate surface area is 191 Å². The molecule has 0 aromatic heterocycles. The topological polar surface area (TPSA) is 85.3 Å². The van der Waals surface area contributed by atoms with E-state index in [1.807, 2.05) is 60.7 Å². The smallest absolute Gasteiger partial charge is 0.376 e. The van der Waals surface area contributed by atoms with Crippen molar-refractivity contribution >= 4 is 11.9 Å². The van der Waals surface area contributed by atoms with Gasteiger partial charge in [0.1, 0.15) is 6.61 Å². The molecule has 1 amide bonds. The summed E-state index contributed by atoms with van der Waals surface area (Å²) in [5, 5.41) is 9.63. The first-order chi connectivity index (χ1) is 16.0. The summed E-state index contributed by atoms with van der Waals surface area (Å²) in [6.07, 6.45) is 0.613. The van der Waals surface area contributed by atoms with E-state index in [2.05, 4.69) is 0 Å². The zero-order valence-corrected chi connectivity index (χ0v) is 18.1. The number of hydrogen-bond acceptors (Lipinski definition) is 5. The number of likely N-dealkylation sites (N-methyl/N-ethyl adjacent to an activating group) is 1. The summed E-state index contributed by atoms with van der Waals surface area (Å²) in [6.45, 7) is 0.651. The molecule has 0 fully saturated rings. The summed E-state index contributed by atoms with van der Waals surface area (Å²) in [5.41, 5.74) is 2.01. The number of carboxylic acid groups (broad SMARTS) is 1. The van der Waals surface area contributed by atoms with Crippen LogP contribution in [-0.4, -0.2) is 35.5 Å². The molecule has 0 unspecified atom stereocenters. The molecule has 1 aliphatic heterocycles. The number of aliphatic carboxylic acids is 1. The Kier molecular flexibility index (Phi) is 6.59. The minimum Gasteiger partial charge on any atom is -0.485 e. The molecule has 0 saturated carbocycles. The van der Waals surface area contributed by atoms with E-state index in [4.69, 9.17) is 14.2 Å². The SMILES string of the molecule is CN(CCc1ccccc1)C(=O)C1=C(C(=O)O)Oc2cccc(OCc3ccccc3)c2O1. The highest BCUT2D eigenvalue weighted by atomic mass is 16.6. The van der Waals surface area contributed by atoms with Gasteiger partial charge in [0, 0.05) is 13.6 Å². The van der Waals surface area contributed by atoms with Gasteiger partial charge in [0.05, 0.1) is 0 Å². The molecule has 0 aliphatic carbocycles. The molecule has 3 aromatic carbocycles. The van der Waals surface area contributed by atoms with Crippen molar-refractivity contribution in [2.75, 3.05) is 13.6 Å². The number of carboxylic acids is 1. The van der Waals surface area contributed by atoms with Crippen molar-refractivity contribution < 1.29 is 28.9 Å². The molecule has 33 heavy (non-hydrogen) atoms. The molecule has 0 spiro atoms. The van der Waals surface area contributed by atoms with E-state index in [9.17, 15) is 14.7 Å². The molecular formula is C26H23NO6. The Bertz CT molecular complexity index is 1170. The standard InChI is InChI=1S/C26H23NO6/c1-27(16-15-18-9-4-2-5-10-18)25(28)23-24(26(29)30)32-21-14-8-13-20(22(21)33-23)31-17-19-11-6-3-7-12-19/h2-14H,15-17H2,1H3,(H,29,30). The van der Waals surface area contributed by atoms with Crippen molar-refractivity contribution in [3.8, 4) is 17.2 Å². The highest BCUT2D eigenvalue weighted by Gasteiger charge is 2.34. The Morgan fingerprint density at radius 1 is 0.848 bits per heavy atom. The number of ether oxygens (including phenoxy) is 3. The van der Waals surface area contributed by atoms with E-state index in [0.29, 0.717) is 18.7 Å². The molecule has 0 saturated heterocycles. The molecule has 1 aliphatic rings. The molecule has 4 rings (SSSR count). The Balaban J connectivity index is 1.54. The van der Waals surface area contributed by atoms with Gasteiger partial charge in [-0.05, 0) is 29.7 Å². The van der Waals surface area contributed by atoms with Crippen LogP contribution < -0.4 is 14.2 Å². The second-order valence-corrected chi connectivity index (χ2v) is 7.49. The molecule has 0 bridgehead atoms. The second kappa shape index (κ2) is 9.91. The fraction of sp³-hybridized carbons (Fsp3) is 0.154. The fourth-order valence-electron chi connectivity index (χ4n) is 3.33. The van der Waals surface area contributed by atoms with Crippen molar-refractivity contribution in [3.63, 3.8) is 0 Å². The molecule has 3 aromatic rings. The monoisotopic (exact) mass is 445 g/mol. The predicted octanol–water partition coefficient (Wildman–Crippen LogP) is 4.03. The molecule has 0 atom stereocenters. The van der Waals surface area contributed by atoms with Crippen LogP contribution in [0.3, 0.4) is 0 Å². The van der Waals surface area contributed by atoms with Gasteiger partial charge in [0.15, 0.2) is 11.5 Å². The van der Waals surface area contributed by atoms with Crippen LogP contribution in [0.5, 0.6) is 17.2 Å². The van der Waals surface area contributed by atoms with Crippen LogP contribution in [0.4, 0.5) is 0 Å². The lowest BCUT2D eigenvalue weighted by molar-refractivity contribution is -0.137. The first-order valence-electron chi connectivity index (χ1n) is 10.5. The average Bonchev–Trinajstić information content (AvgIpc) is 2.86. The predicted molar refractivity (Wildman–Crippen MR) is 121 cm³/mol. The summed E-state index contributed by atoms with van der Waals surface area (Å²) in [6, 6.07) is 24.2. The van der Waals surface area contributed by atoms with Crippen LogP contribution in [0.1, 0.15) is 11.1 Å². The second-order valence-electron chi connectivity index (χ2n) is 7.49. The first kappa shape index (κ1) is 22.0. The van der Waals surface area contributed by atoms with Crippen LogP contribution in [-0.2, 0) is 22.6 Å². The van der Waals surface area contributed by atoms with Crippen LogP contribution in [0, 0.1) is 0 Å². The van der Waals surface area contributed by atoms with Crippen molar-refractivity contribution in [2.45, 2.75) is 13.0 Å². The Morgan fingerprint density at radius 3 is 2.18 bits per heavy atom. The van der Waals surface area contributed by atoms with Gasteiger partial charge in [-0.15, -0.1) is 0 Å². The molecular weight excluding hydrogens is 422 g/mol. The Hall–Kier alpha value is -4.26. The lowest BCUT2D eigenvalue weighted by Gasteiger charge is -2.25. The number of benzene rings is 3. The number of fused-ring (bicyclic) bond motifs is 1. The van der Waals surface area contributed by atoms with Gasteiger partial charge in [0.2, 0.25) is 11.5 Å². The van der Waals surface area contributed by atoms with Crippen LogP contribution in [0.15, 0.2) is 90.4 Å². The van der Waals surface area contributed by atoms with E-state index in [1.165, 1.54) is 4.90 Å². The van der Waals surface area contributed by atoms with Crippen molar-refractivity contribution in [2.24, 2.45) is 0 Å². The molecule has 1 N–H and O–H groups in total. The number of para-hydroxylation sites is 1. The molecule has 7 nitrogen and oxygen atoms in total. The summed E-state index contributed by atoms with van der Waals surface area (Å²) in [7, 11) is 1.59. The van der Waals surface area contributed by atoms with Gasteiger partial charge in [-0.25, -0.2) is 4.79 Å². The number of carbonyl (C=O) groups excluding carboxylic acids is 1. The summed E-state index contributed by atoms with van der Waals surface area (Å²) >= 11 is 0. The minimum absolute atomic E-state index is 0.165. The summed E-state index contributed by atoms with van der Waals surface area (Å²) in [5.74, 6) is -2.25. The van der Waals surface area contributed by atoms with Crippen LogP contribution in [0.2, 0.25) is 0 Å². The highest BCUT2D eigenvalue weighted by Crippen LogP contribution is 2.43. The summed E-state index contributed by atoms with van der Waals surface area (Å²) in [4.78, 5) is 26.3. The van der Waals surface area contributed by atoms with Crippen molar-refractivity contribution in [1.82, 2.24) is 4.90 Å². The average molecular weight is 445 g/mol. The van der Waals surface area contributed by atoms with Gasteiger partial charge in [-0.2, -0.15) is 0 Å². The van der Waals surface area contributed by atoms with Gasteiger partial charge >= 0.3 is 5.97 Å².